The van der Waals surface area contributed by atoms with Crippen molar-refractivity contribution in [1.82, 2.24) is 0 Å². The Kier molecular flexibility index (Phi) is 5.80. The summed E-state index contributed by atoms with van der Waals surface area (Å²) < 4.78 is 13.7. The van der Waals surface area contributed by atoms with Gasteiger partial charge in [-0.1, -0.05) is 30.0 Å². The number of rotatable bonds is 4. The van der Waals surface area contributed by atoms with Crippen molar-refractivity contribution in [1.29, 1.82) is 0 Å². The van der Waals surface area contributed by atoms with E-state index in [0.29, 0.717) is 5.56 Å². The summed E-state index contributed by atoms with van der Waals surface area (Å²) in [5, 5.41) is 2.15. The van der Waals surface area contributed by atoms with Gasteiger partial charge in [0.2, 0.25) is 0 Å². The van der Waals surface area contributed by atoms with Gasteiger partial charge in [0, 0.05) is 11.1 Å². The van der Waals surface area contributed by atoms with Crippen molar-refractivity contribution in [2.75, 3.05) is 0 Å². The van der Waals surface area contributed by atoms with Crippen LogP contribution >= 0.6 is 12.2 Å². The molecule has 3 heteroatoms. The molecule has 108 valence electrons. The minimum Gasteiger partial charge on any atom is -0.205 e. The smallest absolute Gasteiger partial charge is 0.150 e. The molecule has 0 spiro atoms. The van der Waals surface area contributed by atoms with Gasteiger partial charge in [-0.3, -0.25) is 0 Å². The molecule has 0 aliphatic carbocycles. The Morgan fingerprint density at radius 3 is 2.41 bits per heavy atom. The second-order valence-electron chi connectivity index (χ2n) is 4.64. The first kappa shape index (κ1) is 15.9. The molecule has 2 aromatic carbocycles. The van der Waals surface area contributed by atoms with E-state index in [9.17, 15) is 4.39 Å². The van der Waals surface area contributed by atoms with Crippen LogP contribution in [0.15, 0.2) is 60.1 Å². The van der Waals surface area contributed by atoms with E-state index in [1.807, 2.05) is 30.3 Å². The van der Waals surface area contributed by atoms with Crippen LogP contribution in [0.25, 0.3) is 0 Å². The Hall–Kier alpha value is -2.53. The monoisotopic (exact) mass is 307 g/mol. The summed E-state index contributed by atoms with van der Waals surface area (Å²) in [4.78, 5) is 3.63. The van der Waals surface area contributed by atoms with E-state index in [2.05, 4.69) is 40.8 Å². The molecule has 0 saturated heterocycles. The predicted molar refractivity (Wildman–Crippen MR) is 92.0 cm³/mol. The summed E-state index contributed by atoms with van der Waals surface area (Å²) in [7, 11) is 0. The Morgan fingerprint density at radius 2 is 1.77 bits per heavy atom. The lowest BCUT2D eigenvalue weighted by atomic mass is 10.1. The van der Waals surface area contributed by atoms with E-state index < -0.39 is 5.82 Å². The average Bonchev–Trinajstić information content (AvgIpc) is 2.54. The van der Waals surface area contributed by atoms with Crippen molar-refractivity contribution in [2.24, 2.45) is 4.99 Å². The molecule has 0 fully saturated rings. The van der Waals surface area contributed by atoms with Gasteiger partial charge in [-0.25, -0.2) is 4.39 Å². The van der Waals surface area contributed by atoms with Gasteiger partial charge in [0.05, 0.1) is 5.16 Å². The summed E-state index contributed by atoms with van der Waals surface area (Å²) in [5.74, 6) is 5.50. The fraction of sp³-hybridized carbons (Fsp3) is 0.105. The molecule has 2 rings (SSSR count). The van der Waals surface area contributed by atoms with Gasteiger partial charge in [-0.05, 0) is 61.0 Å². The van der Waals surface area contributed by atoms with Crippen LogP contribution < -0.4 is 0 Å². The number of benzene rings is 2. The lowest BCUT2D eigenvalue weighted by Gasteiger charge is -1.98. The molecule has 0 radical (unpaired) electrons. The minimum atomic E-state index is -0.455. The summed E-state index contributed by atoms with van der Waals surface area (Å²) in [6, 6.07) is 12.6. The van der Waals surface area contributed by atoms with Crippen molar-refractivity contribution < 1.29 is 4.39 Å². The maximum atomic E-state index is 13.7. The molecule has 0 aliphatic rings. The Morgan fingerprint density at radius 1 is 1.09 bits per heavy atom. The van der Waals surface area contributed by atoms with Crippen LogP contribution in [0.2, 0.25) is 0 Å². The maximum Gasteiger partial charge on any atom is 0.150 e. The Labute approximate surface area is 135 Å². The second kappa shape index (κ2) is 8.05. The van der Waals surface area contributed by atoms with Crippen LogP contribution in [0.4, 0.5) is 10.1 Å². The summed E-state index contributed by atoms with van der Waals surface area (Å²) in [5.41, 5.74) is 2.91. The van der Waals surface area contributed by atoms with Gasteiger partial charge < -0.3 is 0 Å². The highest BCUT2D eigenvalue weighted by atomic mass is 32.1. The van der Waals surface area contributed by atoms with Gasteiger partial charge in [0.25, 0.3) is 0 Å². The standard InChI is InChI=1S/C19H14FNS/c1-2-3-4-15-5-7-16(8-6-15)9-10-17-11-12-19(21-14-22)18(20)13-17/h2,5-8,11-13H,1,3-4H2. The maximum absolute atomic E-state index is 13.7. The number of hydrogen-bond acceptors (Lipinski definition) is 2. The highest BCUT2D eigenvalue weighted by Gasteiger charge is 2.00. The molecule has 0 N–H and O–H groups in total. The fourth-order valence-electron chi connectivity index (χ4n) is 1.89. The summed E-state index contributed by atoms with van der Waals surface area (Å²) >= 11 is 4.46. The van der Waals surface area contributed by atoms with E-state index in [1.165, 1.54) is 17.7 Å². The minimum absolute atomic E-state index is 0.173. The molecule has 2 aromatic rings. The number of nitrogens with zero attached hydrogens (tertiary/aromatic N) is 1. The highest BCUT2D eigenvalue weighted by molar-refractivity contribution is 7.78. The quantitative estimate of drug-likeness (QED) is 0.332. The second-order valence-corrected chi connectivity index (χ2v) is 4.83. The molecular weight excluding hydrogens is 293 g/mol. The lowest BCUT2D eigenvalue weighted by Crippen LogP contribution is -1.84. The lowest BCUT2D eigenvalue weighted by molar-refractivity contribution is 0.629. The molecule has 0 aromatic heterocycles. The van der Waals surface area contributed by atoms with Crippen LogP contribution in [0.3, 0.4) is 0 Å². The van der Waals surface area contributed by atoms with E-state index in [-0.39, 0.29) is 5.69 Å². The van der Waals surface area contributed by atoms with Gasteiger partial charge in [0.1, 0.15) is 5.69 Å². The third-order valence-electron chi connectivity index (χ3n) is 3.06. The molecule has 0 unspecified atom stereocenters. The van der Waals surface area contributed by atoms with Crippen molar-refractivity contribution in [3.05, 3.63) is 77.6 Å². The molecular formula is C19H14FNS. The highest BCUT2D eigenvalue weighted by Crippen LogP contribution is 2.18. The molecule has 0 heterocycles. The zero-order chi connectivity index (χ0) is 15.8. The van der Waals surface area contributed by atoms with E-state index >= 15 is 0 Å². The van der Waals surface area contributed by atoms with Crippen LogP contribution in [0.5, 0.6) is 0 Å². The van der Waals surface area contributed by atoms with Crippen molar-refractivity contribution in [3.8, 4) is 11.8 Å². The predicted octanol–water partition coefficient (Wildman–Crippen LogP) is 5.08. The van der Waals surface area contributed by atoms with Gasteiger partial charge in [0.15, 0.2) is 5.82 Å². The molecule has 22 heavy (non-hydrogen) atoms. The zero-order valence-corrected chi connectivity index (χ0v) is 12.8. The molecule has 0 aliphatic heterocycles. The first-order valence-corrected chi connectivity index (χ1v) is 7.23. The molecule has 1 nitrogen and oxygen atoms in total. The molecule has 0 amide bonds. The van der Waals surface area contributed by atoms with E-state index in [1.54, 1.807) is 6.07 Å². The van der Waals surface area contributed by atoms with E-state index in [0.717, 1.165) is 18.4 Å². The Bertz CT molecular complexity index is 775. The molecule has 0 atom stereocenters. The third kappa shape index (κ3) is 4.49. The molecule has 0 bridgehead atoms. The van der Waals surface area contributed by atoms with Crippen LogP contribution in [-0.2, 0) is 6.42 Å². The number of halogens is 1. The first-order valence-electron chi connectivity index (χ1n) is 6.82. The number of aliphatic imine (C=N–C) groups is 1. The first-order chi connectivity index (χ1) is 10.7. The SMILES string of the molecule is C=CCCc1ccc(C#Cc2ccc(N=C=S)c(F)c2)cc1. The summed E-state index contributed by atoms with van der Waals surface area (Å²) in [6.07, 6.45) is 3.84. The summed E-state index contributed by atoms with van der Waals surface area (Å²) in [6.45, 7) is 3.71. The van der Waals surface area contributed by atoms with E-state index in [4.69, 9.17) is 0 Å². The molecule has 0 saturated carbocycles. The normalized spacial score (nSPS) is 9.32. The third-order valence-corrected chi connectivity index (χ3v) is 3.15. The zero-order valence-electron chi connectivity index (χ0n) is 12.0. The van der Waals surface area contributed by atoms with Crippen LogP contribution in [-0.4, -0.2) is 5.16 Å². The average molecular weight is 307 g/mol. The van der Waals surface area contributed by atoms with Crippen LogP contribution in [0, 0.1) is 17.7 Å². The van der Waals surface area contributed by atoms with Crippen molar-refractivity contribution in [2.45, 2.75) is 12.8 Å². The van der Waals surface area contributed by atoms with Gasteiger partial charge in [-0.15, -0.1) is 6.58 Å². The number of isothiocyanates is 1. The Balaban J connectivity index is 2.14. The fourth-order valence-corrected chi connectivity index (χ4v) is 1.99. The number of hydrogen-bond donors (Lipinski definition) is 0. The largest absolute Gasteiger partial charge is 0.205 e. The topological polar surface area (TPSA) is 12.4 Å². The van der Waals surface area contributed by atoms with Gasteiger partial charge >= 0.3 is 0 Å². The number of aryl methyl sites for hydroxylation is 1. The number of thiocarbonyl (C=S) groups is 1. The van der Waals surface area contributed by atoms with Crippen LogP contribution in [0.1, 0.15) is 23.1 Å². The van der Waals surface area contributed by atoms with Crippen molar-refractivity contribution >= 4 is 23.1 Å². The van der Waals surface area contributed by atoms with Crippen molar-refractivity contribution in [3.63, 3.8) is 0 Å². The number of allylic oxidation sites excluding steroid dienone is 1. The van der Waals surface area contributed by atoms with Gasteiger partial charge in [-0.2, -0.15) is 4.99 Å².